The third kappa shape index (κ3) is 2.34. The highest BCUT2D eigenvalue weighted by Gasteiger charge is 2.20. The molecule has 6 heteroatoms. The van der Waals surface area contributed by atoms with Crippen LogP contribution in [0.5, 0.6) is 0 Å². The van der Waals surface area contributed by atoms with Crippen LogP contribution >= 0.6 is 0 Å². The molecule has 0 aliphatic carbocycles. The SMILES string of the molecule is Nc1ccc(N2CCOC(CO)C2)nn1. The van der Waals surface area contributed by atoms with Crippen LogP contribution in [0.1, 0.15) is 0 Å². The van der Waals surface area contributed by atoms with Crippen molar-refractivity contribution in [1.29, 1.82) is 0 Å². The predicted molar refractivity (Wildman–Crippen MR) is 55.5 cm³/mol. The van der Waals surface area contributed by atoms with E-state index in [9.17, 15) is 0 Å². The first-order chi connectivity index (χ1) is 7.29. The quantitative estimate of drug-likeness (QED) is 0.668. The molecular weight excluding hydrogens is 196 g/mol. The highest BCUT2D eigenvalue weighted by Crippen LogP contribution is 2.14. The van der Waals surface area contributed by atoms with E-state index in [1.54, 1.807) is 6.07 Å². The zero-order chi connectivity index (χ0) is 10.7. The number of hydrogen-bond donors (Lipinski definition) is 2. The topological polar surface area (TPSA) is 84.5 Å². The van der Waals surface area contributed by atoms with Gasteiger partial charge in [0.05, 0.1) is 19.3 Å². The molecule has 0 spiro atoms. The largest absolute Gasteiger partial charge is 0.394 e. The molecule has 0 aromatic carbocycles. The lowest BCUT2D eigenvalue weighted by atomic mass is 10.3. The van der Waals surface area contributed by atoms with E-state index in [-0.39, 0.29) is 12.7 Å². The van der Waals surface area contributed by atoms with Crippen LogP contribution in [0.25, 0.3) is 0 Å². The third-order valence-electron chi connectivity index (χ3n) is 2.34. The van der Waals surface area contributed by atoms with Gasteiger partial charge in [0, 0.05) is 13.1 Å². The lowest BCUT2D eigenvalue weighted by Gasteiger charge is -2.32. The summed E-state index contributed by atoms with van der Waals surface area (Å²) < 4.78 is 5.34. The molecule has 1 unspecified atom stereocenters. The van der Waals surface area contributed by atoms with Gasteiger partial charge < -0.3 is 20.5 Å². The number of nitrogen functional groups attached to an aromatic ring is 1. The molecule has 0 saturated carbocycles. The summed E-state index contributed by atoms with van der Waals surface area (Å²) in [5.74, 6) is 1.18. The van der Waals surface area contributed by atoms with E-state index in [2.05, 4.69) is 10.2 Å². The summed E-state index contributed by atoms with van der Waals surface area (Å²) >= 11 is 0. The number of aliphatic hydroxyl groups excluding tert-OH is 1. The normalized spacial score (nSPS) is 21.7. The summed E-state index contributed by atoms with van der Waals surface area (Å²) in [6, 6.07) is 3.54. The minimum absolute atomic E-state index is 0.0267. The lowest BCUT2D eigenvalue weighted by molar-refractivity contribution is 0.00332. The van der Waals surface area contributed by atoms with Crippen molar-refractivity contribution in [2.45, 2.75) is 6.10 Å². The van der Waals surface area contributed by atoms with E-state index in [1.165, 1.54) is 0 Å². The summed E-state index contributed by atoms with van der Waals surface area (Å²) in [4.78, 5) is 2.02. The average molecular weight is 210 g/mol. The van der Waals surface area contributed by atoms with Crippen molar-refractivity contribution >= 4 is 11.6 Å². The van der Waals surface area contributed by atoms with Gasteiger partial charge in [-0.1, -0.05) is 0 Å². The molecule has 1 aromatic heterocycles. The standard InChI is InChI=1S/C9H14N4O2/c10-8-1-2-9(12-11-8)13-3-4-15-7(5-13)6-14/h1-2,7,14H,3-6H2,(H2,10,11). The first-order valence-electron chi connectivity index (χ1n) is 4.86. The number of aromatic nitrogens is 2. The molecule has 6 nitrogen and oxygen atoms in total. The Morgan fingerprint density at radius 3 is 3.07 bits per heavy atom. The number of ether oxygens (including phenoxy) is 1. The zero-order valence-electron chi connectivity index (χ0n) is 8.33. The molecule has 15 heavy (non-hydrogen) atoms. The minimum atomic E-state index is -0.141. The molecule has 1 saturated heterocycles. The van der Waals surface area contributed by atoms with Gasteiger partial charge in [-0.15, -0.1) is 10.2 Å². The van der Waals surface area contributed by atoms with Crippen molar-refractivity contribution in [3.05, 3.63) is 12.1 Å². The number of anilines is 2. The van der Waals surface area contributed by atoms with Crippen molar-refractivity contribution in [3.63, 3.8) is 0 Å². The fourth-order valence-corrected chi connectivity index (χ4v) is 1.54. The van der Waals surface area contributed by atoms with Crippen LogP contribution in [0, 0.1) is 0 Å². The molecule has 82 valence electrons. The van der Waals surface area contributed by atoms with Gasteiger partial charge in [0.15, 0.2) is 5.82 Å². The van der Waals surface area contributed by atoms with Crippen molar-refractivity contribution in [3.8, 4) is 0 Å². The molecule has 1 aromatic rings. The highest BCUT2D eigenvalue weighted by molar-refractivity contribution is 5.41. The Hall–Kier alpha value is -1.40. The van der Waals surface area contributed by atoms with Crippen molar-refractivity contribution in [2.75, 3.05) is 36.9 Å². The van der Waals surface area contributed by atoms with Crippen LogP contribution in [-0.2, 0) is 4.74 Å². The van der Waals surface area contributed by atoms with Gasteiger partial charge in [-0.25, -0.2) is 0 Å². The van der Waals surface area contributed by atoms with Crippen molar-refractivity contribution in [2.24, 2.45) is 0 Å². The van der Waals surface area contributed by atoms with Crippen LogP contribution in [0.15, 0.2) is 12.1 Å². The van der Waals surface area contributed by atoms with Crippen LogP contribution in [0.2, 0.25) is 0 Å². The maximum Gasteiger partial charge on any atom is 0.151 e. The van der Waals surface area contributed by atoms with Gasteiger partial charge in [-0.3, -0.25) is 0 Å². The number of hydrogen-bond acceptors (Lipinski definition) is 6. The van der Waals surface area contributed by atoms with Crippen molar-refractivity contribution in [1.82, 2.24) is 10.2 Å². The fraction of sp³-hybridized carbons (Fsp3) is 0.556. The summed E-state index contributed by atoms with van der Waals surface area (Å²) in [5.41, 5.74) is 5.45. The molecule has 1 aliphatic rings. The molecule has 3 N–H and O–H groups in total. The van der Waals surface area contributed by atoms with Crippen LogP contribution in [0.4, 0.5) is 11.6 Å². The Balaban J connectivity index is 2.06. The highest BCUT2D eigenvalue weighted by atomic mass is 16.5. The lowest BCUT2D eigenvalue weighted by Crippen LogP contribution is -2.44. The van der Waals surface area contributed by atoms with E-state index < -0.39 is 0 Å². The van der Waals surface area contributed by atoms with Gasteiger partial charge in [-0.2, -0.15) is 0 Å². The second kappa shape index (κ2) is 4.41. The molecule has 2 rings (SSSR count). The first-order valence-corrected chi connectivity index (χ1v) is 4.86. The Morgan fingerprint density at radius 1 is 1.53 bits per heavy atom. The molecule has 0 radical (unpaired) electrons. The summed E-state index contributed by atoms with van der Waals surface area (Å²) in [6.45, 7) is 2.01. The van der Waals surface area contributed by atoms with E-state index in [0.29, 0.717) is 19.0 Å². The summed E-state index contributed by atoms with van der Waals surface area (Å²) in [7, 11) is 0. The number of nitrogens with zero attached hydrogens (tertiary/aromatic N) is 3. The maximum absolute atomic E-state index is 8.99. The smallest absolute Gasteiger partial charge is 0.151 e. The Morgan fingerprint density at radius 2 is 2.40 bits per heavy atom. The Kier molecular flexibility index (Phi) is 2.98. The van der Waals surface area contributed by atoms with Gasteiger partial charge in [0.25, 0.3) is 0 Å². The number of morpholine rings is 1. The van der Waals surface area contributed by atoms with Gasteiger partial charge in [0.1, 0.15) is 5.82 Å². The van der Waals surface area contributed by atoms with Crippen LogP contribution < -0.4 is 10.6 Å². The fourth-order valence-electron chi connectivity index (χ4n) is 1.54. The zero-order valence-corrected chi connectivity index (χ0v) is 8.33. The van der Waals surface area contributed by atoms with E-state index in [1.807, 2.05) is 11.0 Å². The molecule has 0 amide bonds. The second-order valence-corrected chi connectivity index (χ2v) is 3.44. The average Bonchev–Trinajstić information content (AvgIpc) is 2.30. The molecule has 0 bridgehead atoms. The monoisotopic (exact) mass is 210 g/mol. The van der Waals surface area contributed by atoms with Gasteiger partial charge >= 0.3 is 0 Å². The summed E-state index contributed by atoms with van der Waals surface area (Å²) in [6.07, 6.45) is -0.141. The third-order valence-corrected chi connectivity index (χ3v) is 2.34. The molecular formula is C9H14N4O2. The Bertz CT molecular complexity index is 316. The predicted octanol–water partition coefficient (Wildman–Crippen LogP) is -0.744. The maximum atomic E-state index is 8.99. The van der Waals surface area contributed by atoms with Crippen LogP contribution in [0.3, 0.4) is 0 Å². The van der Waals surface area contributed by atoms with E-state index in [4.69, 9.17) is 15.6 Å². The van der Waals surface area contributed by atoms with E-state index in [0.717, 1.165) is 12.4 Å². The summed E-state index contributed by atoms with van der Waals surface area (Å²) in [5, 5.41) is 16.8. The second-order valence-electron chi connectivity index (χ2n) is 3.44. The number of rotatable bonds is 2. The number of nitrogens with two attached hydrogens (primary N) is 1. The minimum Gasteiger partial charge on any atom is -0.394 e. The van der Waals surface area contributed by atoms with Gasteiger partial charge in [-0.05, 0) is 12.1 Å². The van der Waals surface area contributed by atoms with Crippen LogP contribution in [-0.4, -0.2) is 47.7 Å². The first kappa shape index (κ1) is 10.1. The van der Waals surface area contributed by atoms with Crippen molar-refractivity contribution < 1.29 is 9.84 Å². The molecule has 1 atom stereocenters. The molecule has 2 heterocycles. The van der Waals surface area contributed by atoms with Gasteiger partial charge in [0.2, 0.25) is 0 Å². The Labute approximate surface area is 87.7 Å². The van der Waals surface area contributed by atoms with E-state index >= 15 is 0 Å². The molecule has 1 aliphatic heterocycles. The molecule has 1 fully saturated rings. The number of aliphatic hydroxyl groups is 1.